The number of fused-ring (bicyclic) bond motifs is 1. The first-order chi connectivity index (χ1) is 16.4. The Bertz CT molecular complexity index is 1440. The van der Waals surface area contributed by atoms with Crippen LogP contribution in [0.2, 0.25) is 0 Å². The highest BCUT2D eigenvalue weighted by Crippen LogP contribution is 2.30. The number of carboxylic acid groups (broad SMARTS) is 1. The van der Waals surface area contributed by atoms with Crippen molar-refractivity contribution in [1.29, 1.82) is 0 Å². The number of aromatic nitrogens is 1. The second-order valence-corrected chi connectivity index (χ2v) is 8.47. The predicted octanol–water partition coefficient (Wildman–Crippen LogP) is 2.26. The molecular formula is C25H22N2O6S. The van der Waals surface area contributed by atoms with Crippen LogP contribution in [0.1, 0.15) is 31.0 Å². The van der Waals surface area contributed by atoms with E-state index in [1.165, 1.54) is 15.9 Å². The summed E-state index contributed by atoms with van der Waals surface area (Å²) in [5, 5.41) is 8.73. The molecular weight excluding hydrogens is 456 g/mol. The second kappa shape index (κ2) is 9.88. The molecule has 0 amide bonds. The molecule has 174 valence electrons. The normalized spacial score (nSPS) is 15.5. The predicted molar refractivity (Wildman–Crippen MR) is 126 cm³/mol. The molecule has 2 heterocycles. The lowest BCUT2D eigenvalue weighted by molar-refractivity contribution is -0.140. The van der Waals surface area contributed by atoms with Crippen molar-refractivity contribution in [3.05, 3.63) is 96.7 Å². The summed E-state index contributed by atoms with van der Waals surface area (Å²) in [5.41, 5.74) is 2.11. The van der Waals surface area contributed by atoms with Gasteiger partial charge in [0.25, 0.3) is 5.56 Å². The Hall–Kier alpha value is -3.98. The van der Waals surface area contributed by atoms with Crippen LogP contribution in [0.4, 0.5) is 0 Å². The van der Waals surface area contributed by atoms with Crippen molar-refractivity contribution < 1.29 is 24.2 Å². The van der Waals surface area contributed by atoms with Gasteiger partial charge in [-0.2, -0.15) is 0 Å². The van der Waals surface area contributed by atoms with E-state index in [0.717, 1.165) is 11.1 Å². The van der Waals surface area contributed by atoms with E-state index in [2.05, 4.69) is 4.99 Å². The van der Waals surface area contributed by atoms with Gasteiger partial charge in [0.1, 0.15) is 5.75 Å². The fourth-order valence-electron chi connectivity index (χ4n) is 3.70. The number of carbonyl (C=O) groups excluding carboxylic acids is 1. The number of benzene rings is 2. The topological polar surface area (TPSA) is 107 Å². The van der Waals surface area contributed by atoms with Crippen LogP contribution in [-0.4, -0.2) is 34.8 Å². The van der Waals surface area contributed by atoms with E-state index in [0.29, 0.717) is 26.4 Å². The number of hydrogen-bond donors (Lipinski definition) is 1. The number of esters is 1. The van der Waals surface area contributed by atoms with Gasteiger partial charge in [0.2, 0.25) is 0 Å². The Morgan fingerprint density at radius 2 is 1.85 bits per heavy atom. The van der Waals surface area contributed by atoms with Crippen LogP contribution in [0.3, 0.4) is 0 Å². The van der Waals surface area contributed by atoms with Crippen LogP contribution < -0.4 is 19.6 Å². The van der Waals surface area contributed by atoms with Gasteiger partial charge in [0, 0.05) is 0 Å². The Morgan fingerprint density at radius 1 is 1.15 bits per heavy atom. The van der Waals surface area contributed by atoms with Crippen LogP contribution in [0.25, 0.3) is 6.08 Å². The summed E-state index contributed by atoms with van der Waals surface area (Å²) in [6.07, 6.45) is 1.73. The summed E-state index contributed by atoms with van der Waals surface area (Å²) < 4.78 is 12.4. The lowest BCUT2D eigenvalue weighted by Crippen LogP contribution is -2.39. The van der Waals surface area contributed by atoms with Crippen molar-refractivity contribution in [3.63, 3.8) is 0 Å². The average Bonchev–Trinajstić information content (AvgIpc) is 3.12. The highest BCUT2D eigenvalue weighted by Gasteiger charge is 2.33. The summed E-state index contributed by atoms with van der Waals surface area (Å²) in [5.74, 6) is -1.14. The van der Waals surface area contributed by atoms with Crippen LogP contribution >= 0.6 is 11.3 Å². The van der Waals surface area contributed by atoms with Gasteiger partial charge >= 0.3 is 11.9 Å². The summed E-state index contributed by atoms with van der Waals surface area (Å²) in [7, 11) is 0. The smallest absolute Gasteiger partial charge is 0.341 e. The number of thiazole rings is 1. The lowest BCUT2D eigenvalue weighted by Gasteiger charge is -2.24. The fraction of sp³-hybridized carbons (Fsp3) is 0.200. The van der Waals surface area contributed by atoms with Gasteiger partial charge in [-0.05, 0) is 43.2 Å². The number of hydrogen-bond acceptors (Lipinski definition) is 7. The van der Waals surface area contributed by atoms with Gasteiger partial charge in [0.15, 0.2) is 11.4 Å². The summed E-state index contributed by atoms with van der Waals surface area (Å²) >= 11 is 1.24. The number of aliphatic carboxylic acids is 1. The van der Waals surface area contributed by atoms with Gasteiger partial charge in [-0.15, -0.1) is 0 Å². The van der Waals surface area contributed by atoms with Crippen molar-refractivity contribution in [2.75, 3.05) is 13.2 Å². The lowest BCUT2D eigenvalue weighted by atomic mass is 9.96. The van der Waals surface area contributed by atoms with Crippen LogP contribution in [0.5, 0.6) is 5.75 Å². The summed E-state index contributed by atoms with van der Waals surface area (Å²) in [6.45, 7) is 3.26. The van der Waals surface area contributed by atoms with E-state index < -0.39 is 24.6 Å². The third-order valence-electron chi connectivity index (χ3n) is 5.17. The second-order valence-electron chi connectivity index (χ2n) is 7.46. The first-order valence-corrected chi connectivity index (χ1v) is 11.4. The number of carboxylic acids is 1. The molecule has 0 spiro atoms. The first-order valence-electron chi connectivity index (χ1n) is 10.6. The number of ether oxygens (including phenoxy) is 2. The minimum atomic E-state index is -1.06. The van der Waals surface area contributed by atoms with Crippen LogP contribution in [0.15, 0.2) is 75.7 Å². The molecule has 3 aromatic rings. The van der Waals surface area contributed by atoms with E-state index in [1.54, 1.807) is 44.2 Å². The largest absolute Gasteiger partial charge is 0.482 e. The number of rotatable bonds is 7. The van der Waals surface area contributed by atoms with Gasteiger partial charge in [-0.25, -0.2) is 14.6 Å². The highest BCUT2D eigenvalue weighted by atomic mass is 32.1. The molecule has 0 unspecified atom stereocenters. The summed E-state index contributed by atoms with van der Waals surface area (Å²) in [4.78, 5) is 42.0. The molecule has 8 nitrogen and oxygen atoms in total. The van der Waals surface area contributed by atoms with E-state index in [9.17, 15) is 14.4 Å². The minimum absolute atomic E-state index is 0.216. The molecule has 1 N–H and O–H groups in total. The SMILES string of the molecule is CCOC(=O)C1=C(C)N=c2sc(=Cc3ccc(OCC(=O)O)cc3)c(=O)n2[C@H]1c1ccccc1. The Kier molecular flexibility index (Phi) is 6.74. The van der Waals surface area contributed by atoms with Crippen molar-refractivity contribution in [3.8, 4) is 5.75 Å². The standard InChI is InChI=1S/C25H22N2O6S/c1-3-32-24(31)21-15(2)26-25-27(22(21)17-7-5-4-6-8-17)23(30)19(34-25)13-16-9-11-18(12-10-16)33-14-20(28)29/h4-13,22H,3,14H2,1-2H3,(H,28,29)/t22-/m0/s1. The first kappa shape index (κ1) is 23.2. The molecule has 0 bridgehead atoms. The van der Waals surface area contributed by atoms with Crippen molar-refractivity contribution in [2.24, 2.45) is 4.99 Å². The number of allylic oxidation sites excluding steroid dienone is 1. The van der Waals surface area contributed by atoms with E-state index in [1.807, 2.05) is 30.3 Å². The van der Waals surface area contributed by atoms with Gasteiger partial charge in [-0.3, -0.25) is 9.36 Å². The van der Waals surface area contributed by atoms with Gasteiger partial charge < -0.3 is 14.6 Å². The Balaban J connectivity index is 1.80. The zero-order valence-electron chi connectivity index (χ0n) is 18.6. The number of nitrogens with zero attached hydrogens (tertiary/aromatic N) is 2. The molecule has 1 aliphatic heterocycles. The molecule has 0 saturated carbocycles. The average molecular weight is 479 g/mol. The molecule has 2 aromatic carbocycles. The van der Waals surface area contributed by atoms with E-state index >= 15 is 0 Å². The zero-order chi connectivity index (χ0) is 24.2. The molecule has 0 radical (unpaired) electrons. The molecule has 1 aliphatic rings. The van der Waals surface area contributed by atoms with Crippen molar-refractivity contribution in [2.45, 2.75) is 19.9 Å². The van der Waals surface area contributed by atoms with Crippen molar-refractivity contribution in [1.82, 2.24) is 4.57 Å². The van der Waals surface area contributed by atoms with Crippen LogP contribution in [-0.2, 0) is 14.3 Å². The zero-order valence-corrected chi connectivity index (χ0v) is 19.4. The Labute approximate surface area is 198 Å². The van der Waals surface area contributed by atoms with E-state index in [-0.39, 0.29) is 12.2 Å². The van der Waals surface area contributed by atoms with Crippen molar-refractivity contribution >= 4 is 29.4 Å². The minimum Gasteiger partial charge on any atom is -0.482 e. The van der Waals surface area contributed by atoms with Gasteiger partial charge in [0.05, 0.1) is 28.5 Å². The fourth-order valence-corrected chi connectivity index (χ4v) is 4.75. The van der Waals surface area contributed by atoms with Crippen LogP contribution in [0, 0.1) is 0 Å². The Morgan fingerprint density at radius 3 is 2.50 bits per heavy atom. The molecule has 9 heteroatoms. The maximum absolute atomic E-state index is 13.5. The molecule has 34 heavy (non-hydrogen) atoms. The molecule has 1 atom stereocenters. The highest BCUT2D eigenvalue weighted by molar-refractivity contribution is 7.07. The molecule has 0 saturated heterocycles. The number of carbonyl (C=O) groups is 2. The maximum atomic E-state index is 13.5. The third-order valence-corrected chi connectivity index (χ3v) is 6.16. The maximum Gasteiger partial charge on any atom is 0.341 e. The quantitative estimate of drug-likeness (QED) is 0.522. The molecule has 0 fully saturated rings. The summed E-state index contributed by atoms with van der Waals surface area (Å²) in [6, 6.07) is 15.4. The van der Waals surface area contributed by atoms with E-state index in [4.69, 9.17) is 14.6 Å². The third kappa shape index (κ3) is 4.69. The van der Waals surface area contributed by atoms with Gasteiger partial charge in [-0.1, -0.05) is 53.8 Å². The molecule has 4 rings (SSSR count). The monoisotopic (exact) mass is 478 g/mol. The molecule has 1 aromatic heterocycles. The molecule has 0 aliphatic carbocycles.